The minimum atomic E-state index is -1.34. The molecule has 0 fully saturated rings. The summed E-state index contributed by atoms with van der Waals surface area (Å²) in [5.74, 6) is -1.39. The van der Waals surface area contributed by atoms with Crippen LogP contribution in [0.15, 0.2) is 0 Å². The van der Waals surface area contributed by atoms with Crippen LogP contribution in [0.4, 0.5) is 9.59 Å². The Labute approximate surface area is 203 Å². The summed E-state index contributed by atoms with van der Waals surface area (Å²) in [6.07, 6.45) is -3.74. The van der Waals surface area contributed by atoms with Gasteiger partial charge in [0.15, 0.2) is 11.2 Å². The first-order valence-corrected chi connectivity index (χ1v) is 10.8. The molecule has 0 saturated carbocycles. The monoisotopic (exact) mass is 512 g/mol. The highest BCUT2D eigenvalue weighted by Gasteiger charge is 2.33. The molecular weight excluding hydrogens is 476 g/mol. The summed E-state index contributed by atoms with van der Waals surface area (Å²) in [6, 6.07) is 0. The third-order valence-corrected chi connectivity index (χ3v) is 3.85. The Morgan fingerprint density at radius 1 is 0.629 bits per heavy atom. The maximum Gasteiger partial charge on any atom is 0.511 e. The van der Waals surface area contributed by atoms with Gasteiger partial charge >= 0.3 is 24.2 Å². The van der Waals surface area contributed by atoms with Gasteiger partial charge in [-0.3, -0.25) is 0 Å². The molecule has 2 N–H and O–H groups in total. The molecule has 0 aliphatic heterocycles. The van der Waals surface area contributed by atoms with Crippen molar-refractivity contribution >= 4 is 24.2 Å². The first kappa shape index (κ1) is 32.3. The Kier molecular flexibility index (Phi) is 14.8. The largest absolute Gasteiger partial charge is 0.511 e. The molecule has 0 amide bonds. The number of ether oxygens (including phenoxy) is 8. The molecule has 0 bridgehead atoms. The van der Waals surface area contributed by atoms with E-state index in [-0.39, 0.29) is 39.6 Å². The van der Waals surface area contributed by atoms with Crippen LogP contribution in [0, 0.1) is 0 Å². The highest BCUT2D eigenvalue weighted by molar-refractivity contribution is 5.79. The zero-order valence-corrected chi connectivity index (χ0v) is 20.9. The van der Waals surface area contributed by atoms with Gasteiger partial charge in [-0.05, 0) is 41.5 Å². The predicted octanol–water partition coefficient (Wildman–Crippen LogP) is 0.689. The summed E-state index contributed by atoms with van der Waals surface area (Å²) < 4.78 is 39.3. The van der Waals surface area contributed by atoms with Crippen LogP contribution >= 0.6 is 0 Å². The Morgan fingerprint density at radius 3 is 1.29 bits per heavy atom. The average Bonchev–Trinajstić information content (AvgIpc) is 2.77. The number of hydrogen-bond acceptors (Lipinski definition) is 14. The fraction of sp³-hybridized carbons (Fsp3) is 0.810. The molecule has 14 heteroatoms. The summed E-state index contributed by atoms with van der Waals surface area (Å²) in [5.41, 5.74) is -2.69. The molecule has 0 rings (SSSR count). The van der Waals surface area contributed by atoms with Crippen molar-refractivity contribution in [3.8, 4) is 0 Å². The Hall–Kier alpha value is -2.68. The summed E-state index contributed by atoms with van der Waals surface area (Å²) in [6.45, 7) is 6.58. The highest BCUT2D eigenvalue weighted by atomic mass is 16.8. The fourth-order valence-corrected chi connectivity index (χ4v) is 2.37. The average molecular weight is 513 g/mol. The Bertz CT molecular complexity index is 619. The van der Waals surface area contributed by atoms with E-state index in [1.54, 1.807) is 13.8 Å². The van der Waals surface area contributed by atoms with Crippen LogP contribution in [-0.4, -0.2) is 104 Å². The molecule has 0 aliphatic carbocycles. The minimum absolute atomic E-state index is 0.171. The second kappa shape index (κ2) is 16.1. The van der Waals surface area contributed by atoms with Gasteiger partial charge in [-0.2, -0.15) is 0 Å². The first-order chi connectivity index (χ1) is 16.2. The van der Waals surface area contributed by atoms with Gasteiger partial charge in [-0.25, -0.2) is 19.2 Å². The summed E-state index contributed by atoms with van der Waals surface area (Å²) in [7, 11) is 0. The van der Waals surface area contributed by atoms with Crippen LogP contribution < -0.4 is 0 Å². The standard InChI is InChI=1S/C21H36O14/c1-14(34-20(3,4)16(24)28-9-7-22)11-30-18(26)32-13-33-19(27)31-12-15(2)35-21(5,6)17(25)29-10-8-23/h14-15,22-23H,7-13H2,1-6H3. The van der Waals surface area contributed by atoms with Crippen LogP contribution in [0.1, 0.15) is 41.5 Å². The van der Waals surface area contributed by atoms with Gasteiger partial charge in [-0.1, -0.05) is 0 Å². The molecule has 204 valence electrons. The van der Waals surface area contributed by atoms with Crippen molar-refractivity contribution in [2.45, 2.75) is 65.0 Å². The molecule has 0 aromatic heterocycles. The van der Waals surface area contributed by atoms with Gasteiger partial charge in [0.05, 0.1) is 25.4 Å². The molecule has 0 saturated heterocycles. The predicted molar refractivity (Wildman–Crippen MR) is 115 cm³/mol. The molecule has 35 heavy (non-hydrogen) atoms. The lowest BCUT2D eigenvalue weighted by atomic mass is 10.1. The van der Waals surface area contributed by atoms with E-state index in [1.165, 1.54) is 27.7 Å². The summed E-state index contributed by atoms with van der Waals surface area (Å²) in [5, 5.41) is 17.4. The Balaban J connectivity index is 4.16. The van der Waals surface area contributed by atoms with Crippen molar-refractivity contribution in [1.29, 1.82) is 0 Å². The third-order valence-electron chi connectivity index (χ3n) is 3.85. The smallest absolute Gasteiger partial charge is 0.461 e. The molecular formula is C21H36O14. The van der Waals surface area contributed by atoms with E-state index in [2.05, 4.69) is 9.47 Å². The van der Waals surface area contributed by atoms with E-state index >= 15 is 0 Å². The summed E-state index contributed by atoms with van der Waals surface area (Å²) >= 11 is 0. The molecule has 0 aromatic carbocycles. The maximum absolute atomic E-state index is 11.8. The number of aliphatic hydroxyl groups is 2. The molecule has 2 atom stereocenters. The molecule has 0 heterocycles. The maximum atomic E-state index is 11.8. The first-order valence-electron chi connectivity index (χ1n) is 10.8. The molecule has 0 aliphatic rings. The highest BCUT2D eigenvalue weighted by Crippen LogP contribution is 2.16. The second-order valence-electron chi connectivity index (χ2n) is 8.13. The fourth-order valence-electron chi connectivity index (χ4n) is 2.37. The lowest BCUT2D eigenvalue weighted by molar-refractivity contribution is -0.177. The third kappa shape index (κ3) is 14.3. The van der Waals surface area contributed by atoms with E-state index in [4.69, 9.17) is 38.6 Å². The van der Waals surface area contributed by atoms with Gasteiger partial charge in [0.2, 0.25) is 6.79 Å². The van der Waals surface area contributed by atoms with Crippen molar-refractivity contribution in [1.82, 2.24) is 0 Å². The van der Waals surface area contributed by atoms with Gasteiger partial charge in [-0.15, -0.1) is 0 Å². The topological polar surface area (TPSA) is 183 Å². The molecule has 2 unspecified atom stereocenters. The zero-order chi connectivity index (χ0) is 27.1. The quantitative estimate of drug-likeness (QED) is 0.167. The summed E-state index contributed by atoms with van der Waals surface area (Å²) in [4.78, 5) is 46.9. The van der Waals surface area contributed by atoms with Gasteiger partial charge in [0.1, 0.15) is 26.4 Å². The van der Waals surface area contributed by atoms with Crippen LogP contribution in [-0.2, 0) is 47.5 Å². The second-order valence-corrected chi connectivity index (χ2v) is 8.13. The number of carbonyl (C=O) groups is 4. The molecule has 14 nitrogen and oxygen atoms in total. The van der Waals surface area contributed by atoms with Crippen LogP contribution in [0.25, 0.3) is 0 Å². The number of carbonyl (C=O) groups excluding carboxylic acids is 4. The van der Waals surface area contributed by atoms with Crippen molar-refractivity contribution in [3.05, 3.63) is 0 Å². The van der Waals surface area contributed by atoms with E-state index in [0.717, 1.165) is 0 Å². The number of hydrogen-bond donors (Lipinski definition) is 2. The van der Waals surface area contributed by atoms with Gasteiger partial charge in [0.25, 0.3) is 0 Å². The van der Waals surface area contributed by atoms with Crippen LogP contribution in [0.5, 0.6) is 0 Å². The lowest BCUT2D eigenvalue weighted by Gasteiger charge is -2.26. The van der Waals surface area contributed by atoms with Crippen molar-refractivity contribution in [3.63, 3.8) is 0 Å². The van der Waals surface area contributed by atoms with E-state index in [1.807, 2.05) is 0 Å². The molecule has 0 spiro atoms. The minimum Gasteiger partial charge on any atom is -0.461 e. The number of esters is 2. The Morgan fingerprint density at radius 2 is 0.971 bits per heavy atom. The SMILES string of the molecule is CC(COC(=O)OCOC(=O)OCC(C)OC(C)(C)C(=O)OCCO)OC(C)(C)C(=O)OCCO. The zero-order valence-electron chi connectivity index (χ0n) is 20.9. The van der Waals surface area contributed by atoms with Crippen molar-refractivity contribution in [2.24, 2.45) is 0 Å². The number of rotatable bonds is 16. The van der Waals surface area contributed by atoms with Gasteiger partial charge in [0, 0.05) is 0 Å². The number of aliphatic hydroxyl groups excluding tert-OH is 2. The van der Waals surface area contributed by atoms with Crippen molar-refractivity contribution < 1.29 is 67.3 Å². The van der Waals surface area contributed by atoms with E-state index in [9.17, 15) is 19.2 Å². The van der Waals surface area contributed by atoms with Crippen molar-refractivity contribution in [2.75, 3.05) is 46.4 Å². The molecule has 0 radical (unpaired) electrons. The van der Waals surface area contributed by atoms with Crippen LogP contribution in [0.3, 0.4) is 0 Å². The van der Waals surface area contributed by atoms with E-state index in [0.29, 0.717) is 0 Å². The van der Waals surface area contributed by atoms with Crippen LogP contribution in [0.2, 0.25) is 0 Å². The van der Waals surface area contributed by atoms with E-state index < -0.39 is 54.5 Å². The van der Waals surface area contributed by atoms with Gasteiger partial charge < -0.3 is 48.1 Å². The normalized spacial score (nSPS) is 13.3. The molecule has 0 aromatic rings. The lowest BCUT2D eigenvalue weighted by Crippen LogP contribution is -2.41.